The van der Waals surface area contributed by atoms with Crippen LogP contribution in [0.4, 0.5) is 0 Å². The summed E-state index contributed by atoms with van der Waals surface area (Å²) in [6, 6.07) is -0.526. The molecule has 0 fully saturated rings. The van der Waals surface area contributed by atoms with E-state index < -0.39 is 12.1 Å². The molecule has 0 aromatic carbocycles. The third-order valence-electron chi connectivity index (χ3n) is 3.65. The molecule has 0 unspecified atom stereocenters. The van der Waals surface area contributed by atoms with Crippen molar-refractivity contribution in [1.82, 2.24) is 5.32 Å². The summed E-state index contributed by atoms with van der Waals surface area (Å²) in [5, 5.41) is 21.6. The first kappa shape index (κ1) is 19.4. The van der Waals surface area contributed by atoms with Gasteiger partial charge in [0.1, 0.15) is 0 Å². The van der Waals surface area contributed by atoms with E-state index in [4.69, 9.17) is 5.11 Å². The van der Waals surface area contributed by atoms with Gasteiger partial charge >= 0.3 is 0 Å². The molecular formula is C16H33NO3. The maximum Gasteiger partial charge on any atom is 0.217 e. The lowest BCUT2D eigenvalue weighted by atomic mass is 10.0. The Morgan fingerprint density at radius 2 is 1.50 bits per heavy atom. The van der Waals surface area contributed by atoms with Gasteiger partial charge in [0.05, 0.1) is 18.8 Å². The summed E-state index contributed by atoms with van der Waals surface area (Å²) < 4.78 is 0. The predicted octanol–water partition coefficient (Wildman–Crippen LogP) is 2.77. The van der Waals surface area contributed by atoms with Gasteiger partial charge in [0, 0.05) is 6.92 Å². The van der Waals surface area contributed by atoms with Crippen molar-refractivity contribution >= 4 is 5.91 Å². The highest BCUT2D eigenvalue weighted by Gasteiger charge is 2.18. The molecule has 0 bridgehead atoms. The molecule has 0 aromatic heterocycles. The van der Waals surface area contributed by atoms with Crippen LogP contribution in [0, 0.1) is 0 Å². The molecule has 0 spiro atoms. The first-order valence-electron chi connectivity index (χ1n) is 8.17. The average molecular weight is 287 g/mol. The fourth-order valence-corrected chi connectivity index (χ4v) is 2.39. The summed E-state index contributed by atoms with van der Waals surface area (Å²) >= 11 is 0. The Morgan fingerprint density at radius 3 is 1.95 bits per heavy atom. The fourth-order valence-electron chi connectivity index (χ4n) is 2.39. The highest BCUT2D eigenvalue weighted by atomic mass is 16.3. The number of amides is 1. The predicted molar refractivity (Wildman–Crippen MR) is 82.5 cm³/mol. The smallest absolute Gasteiger partial charge is 0.217 e. The SMILES string of the molecule is CCCCCCCCCCC[C@@H](O)[C@H](CO)NC(C)=O. The second-order valence-electron chi connectivity index (χ2n) is 5.67. The van der Waals surface area contributed by atoms with Crippen LogP contribution in [0.3, 0.4) is 0 Å². The van der Waals surface area contributed by atoms with Crippen LogP contribution in [0.1, 0.15) is 78.1 Å². The summed E-state index contributed by atoms with van der Waals surface area (Å²) in [5.74, 6) is -0.213. The van der Waals surface area contributed by atoms with Gasteiger partial charge in [-0.1, -0.05) is 64.7 Å². The second kappa shape index (κ2) is 13.4. The monoisotopic (exact) mass is 287 g/mol. The van der Waals surface area contributed by atoms with Crippen molar-refractivity contribution in [3.8, 4) is 0 Å². The van der Waals surface area contributed by atoms with Gasteiger partial charge in [-0.3, -0.25) is 4.79 Å². The van der Waals surface area contributed by atoms with E-state index in [0.29, 0.717) is 6.42 Å². The van der Waals surface area contributed by atoms with Crippen LogP contribution in [0.25, 0.3) is 0 Å². The second-order valence-corrected chi connectivity index (χ2v) is 5.67. The molecule has 4 nitrogen and oxygen atoms in total. The molecule has 0 saturated carbocycles. The topological polar surface area (TPSA) is 69.6 Å². The Labute approximate surface area is 124 Å². The lowest BCUT2D eigenvalue weighted by Gasteiger charge is -2.21. The number of rotatable bonds is 13. The first-order chi connectivity index (χ1) is 9.61. The number of carbonyl (C=O) groups excluding carboxylic acids is 1. The van der Waals surface area contributed by atoms with Gasteiger partial charge in [-0.15, -0.1) is 0 Å². The minimum atomic E-state index is -0.645. The molecule has 0 aliphatic carbocycles. The normalized spacial score (nSPS) is 14.0. The Hall–Kier alpha value is -0.610. The maximum atomic E-state index is 10.9. The standard InChI is InChI=1S/C16H33NO3/c1-3-4-5-6-7-8-9-10-11-12-16(20)15(13-18)17-14(2)19/h15-16,18,20H,3-13H2,1-2H3,(H,17,19)/t15-,16+/m0/s1. The number of hydrogen-bond acceptors (Lipinski definition) is 3. The maximum absolute atomic E-state index is 10.9. The van der Waals surface area contributed by atoms with Crippen molar-refractivity contribution in [3.63, 3.8) is 0 Å². The number of aliphatic hydroxyl groups excluding tert-OH is 2. The van der Waals surface area contributed by atoms with Gasteiger partial charge < -0.3 is 15.5 Å². The molecule has 4 heteroatoms. The Morgan fingerprint density at radius 1 is 1.00 bits per heavy atom. The fraction of sp³-hybridized carbons (Fsp3) is 0.938. The molecule has 0 aliphatic rings. The highest BCUT2D eigenvalue weighted by molar-refractivity contribution is 5.73. The third kappa shape index (κ3) is 11.2. The van der Waals surface area contributed by atoms with E-state index in [1.165, 1.54) is 51.9 Å². The Balaban J connectivity index is 3.46. The van der Waals surface area contributed by atoms with Crippen molar-refractivity contribution in [2.75, 3.05) is 6.61 Å². The van der Waals surface area contributed by atoms with Crippen LogP contribution in [0.5, 0.6) is 0 Å². The largest absolute Gasteiger partial charge is 0.394 e. The van der Waals surface area contributed by atoms with Crippen LogP contribution in [-0.2, 0) is 4.79 Å². The molecular weight excluding hydrogens is 254 g/mol. The van der Waals surface area contributed by atoms with Crippen molar-refractivity contribution in [3.05, 3.63) is 0 Å². The molecule has 120 valence electrons. The lowest BCUT2D eigenvalue weighted by Crippen LogP contribution is -2.44. The van der Waals surface area contributed by atoms with Crippen molar-refractivity contribution in [1.29, 1.82) is 0 Å². The molecule has 0 aliphatic heterocycles. The van der Waals surface area contributed by atoms with E-state index in [1.54, 1.807) is 0 Å². The van der Waals surface area contributed by atoms with Gasteiger partial charge in [0.15, 0.2) is 0 Å². The molecule has 0 aromatic rings. The van der Waals surface area contributed by atoms with Crippen molar-refractivity contribution in [2.45, 2.75) is 90.2 Å². The molecule has 0 radical (unpaired) electrons. The number of nitrogens with one attached hydrogen (secondary N) is 1. The van der Waals surface area contributed by atoms with Crippen LogP contribution in [0.15, 0.2) is 0 Å². The average Bonchev–Trinajstić information content (AvgIpc) is 2.42. The third-order valence-corrected chi connectivity index (χ3v) is 3.65. The lowest BCUT2D eigenvalue weighted by molar-refractivity contribution is -0.121. The van der Waals surface area contributed by atoms with Crippen LogP contribution >= 0.6 is 0 Å². The van der Waals surface area contributed by atoms with Gasteiger partial charge in [-0.05, 0) is 6.42 Å². The van der Waals surface area contributed by atoms with E-state index in [-0.39, 0.29) is 12.5 Å². The molecule has 0 saturated heterocycles. The zero-order valence-electron chi connectivity index (χ0n) is 13.2. The number of carbonyl (C=O) groups is 1. The molecule has 3 N–H and O–H groups in total. The summed E-state index contributed by atoms with van der Waals surface area (Å²) in [6.45, 7) is 3.41. The number of aliphatic hydroxyl groups is 2. The summed E-state index contributed by atoms with van der Waals surface area (Å²) in [5.41, 5.74) is 0. The van der Waals surface area contributed by atoms with Crippen molar-refractivity contribution in [2.24, 2.45) is 0 Å². The van der Waals surface area contributed by atoms with Crippen LogP contribution in [0.2, 0.25) is 0 Å². The minimum Gasteiger partial charge on any atom is -0.394 e. The summed E-state index contributed by atoms with van der Waals surface area (Å²) in [7, 11) is 0. The molecule has 20 heavy (non-hydrogen) atoms. The van der Waals surface area contributed by atoms with Crippen LogP contribution < -0.4 is 5.32 Å². The zero-order chi connectivity index (χ0) is 15.2. The van der Waals surface area contributed by atoms with Gasteiger partial charge in [0.2, 0.25) is 5.91 Å². The Kier molecular flexibility index (Phi) is 13.0. The van der Waals surface area contributed by atoms with Gasteiger partial charge in [-0.2, -0.15) is 0 Å². The van der Waals surface area contributed by atoms with E-state index >= 15 is 0 Å². The highest BCUT2D eigenvalue weighted by Crippen LogP contribution is 2.12. The van der Waals surface area contributed by atoms with Gasteiger partial charge in [0.25, 0.3) is 0 Å². The van der Waals surface area contributed by atoms with E-state index in [9.17, 15) is 9.90 Å². The molecule has 2 atom stereocenters. The van der Waals surface area contributed by atoms with E-state index in [0.717, 1.165) is 12.8 Å². The van der Waals surface area contributed by atoms with Crippen LogP contribution in [-0.4, -0.2) is 34.9 Å². The molecule has 0 rings (SSSR count). The first-order valence-corrected chi connectivity index (χ1v) is 8.17. The summed E-state index contributed by atoms with van der Waals surface area (Å²) in [4.78, 5) is 10.9. The van der Waals surface area contributed by atoms with Crippen molar-refractivity contribution < 1.29 is 15.0 Å². The zero-order valence-corrected chi connectivity index (χ0v) is 13.2. The van der Waals surface area contributed by atoms with E-state index in [2.05, 4.69) is 12.2 Å². The van der Waals surface area contributed by atoms with Gasteiger partial charge in [-0.25, -0.2) is 0 Å². The quantitative estimate of drug-likeness (QED) is 0.456. The van der Waals surface area contributed by atoms with E-state index in [1.807, 2.05) is 0 Å². The summed E-state index contributed by atoms with van der Waals surface area (Å²) in [6.07, 6.45) is 11.2. The molecule has 0 heterocycles. The minimum absolute atomic E-state index is 0.210. The molecule has 1 amide bonds. The number of hydrogen-bond donors (Lipinski definition) is 3. The number of unbranched alkanes of at least 4 members (excludes halogenated alkanes) is 8. The Bertz CT molecular complexity index is 234.